The number of nitrogens with one attached hydrogen (secondary N) is 2. The maximum absolute atomic E-state index is 4.41. The van der Waals surface area contributed by atoms with Crippen LogP contribution in [-0.4, -0.2) is 47.6 Å². The molecule has 0 aliphatic rings. The molecule has 0 radical (unpaired) electrons. The summed E-state index contributed by atoms with van der Waals surface area (Å²) < 4.78 is 0. The molecule has 0 saturated carbocycles. The first-order valence-corrected chi connectivity index (χ1v) is 7.18. The maximum atomic E-state index is 4.41. The van der Waals surface area contributed by atoms with Crippen LogP contribution in [0, 0.1) is 0 Å². The van der Waals surface area contributed by atoms with Gasteiger partial charge in [-0.3, -0.25) is 4.98 Å². The van der Waals surface area contributed by atoms with Crippen molar-refractivity contribution in [1.82, 2.24) is 14.9 Å². The monoisotopic (exact) mass is 265 g/mol. The van der Waals surface area contributed by atoms with Crippen LogP contribution in [0.2, 0.25) is 0 Å². The molecule has 1 heterocycles. The van der Waals surface area contributed by atoms with Crippen molar-refractivity contribution in [3.63, 3.8) is 0 Å². The minimum absolute atomic E-state index is 0.414. The molecular weight excluding hydrogens is 238 g/mol. The first kappa shape index (κ1) is 15.7. The molecule has 1 aromatic heterocycles. The van der Waals surface area contributed by atoms with Crippen LogP contribution < -0.4 is 10.6 Å². The molecule has 0 saturated heterocycles. The third-order valence-electron chi connectivity index (χ3n) is 3.29. The number of rotatable bonds is 9. The van der Waals surface area contributed by atoms with Gasteiger partial charge in [0.15, 0.2) is 0 Å². The van der Waals surface area contributed by atoms with Crippen LogP contribution in [0.5, 0.6) is 0 Å². The van der Waals surface area contributed by atoms with E-state index in [1.54, 1.807) is 12.4 Å². The second kappa shape index (κ2) is 8.69. The van der Waals surface area contributed by atoms with E-state index in [1.807, 2.05) is 7.05 Å². The summed E-state index contributed by atoms with van der Waals surface area (Å²) >= 11 is 0. The maximum Gasteiger partial charge on any atom is 0.147 e. The van der Waals surface area contributed by atoms with Gasteiger partial charge in [-0.1, -0.05) is 13.8 Å². The molecule has 0 amide bonds. The van der Waals surface area contributed by atoms with Gasteiger partial charge in [-0.05, 0) is 39.4 Å². The van der Waals surface area contributed by atoms with E-state index in [0.29, 0.717) is 6.04 Å². The van der Waals surface area contributed by atoms with Gasteiger partial charge in [-0.2, -0.15) is 0 Å². The van der Waals surface area contributed by atoms with Gasteiger partial charge in [0.1, 0.15) is 11.6 Å². The minimum atomic E-state index is 0.414. The number of hydrogen-bond donors (Lipinski definition) is 2. The standard InChI is InChI=1S/C14H27N5/c1-5-19(6-2)9-7-8-12(3)17-14-11-16-10-13(15-4)18-14/h10-12H,5-9H2,1-4H3,(H2,15,17,18). The first-order valence-electron chi connectivity index (χ1n) is 7.18. The molecule has 5 heteroatoms. The highest BCUT2D eigenvalue weighted by atomic mass is 15.1. The van der Waals surface area contributed by atoms with Gasteiger partial charge >= 0.3 is 0 Å². The van der Waals surface area contributed by atoms with Crippen molar-refractivity contribution in [3.05, 3.63) is 12.4 Å². The fourth-order valence-corrected chi connectivity index (χ4v) is 2.04. The van der Waals surface area contributed by atoms with Crippen LogP contribution in [0.25, 0.3) is 0 Å². The largest absolute Gasteiger partial charge is 0.372 e. The lowest BCUT2D eigenvalue weighted by molar-refractivity contribution is 0.295. The van der Waals surface area contributed by atoms with Gasteiger partial charge in [0.25, 0.3) is 0 Å². The minimum Gasteiger partial charge on any atom is -0.372 e. The van der Waals surface area contributed by atoms with E-state index in [2.05, 4.69) is 46.3 Å². The predicted molar refractivity (Wildman–Crippen MR) is 81.7 cm³/mol. The van der Waals surface area contributed by atoms with Gasteiger partial charge in [-0.25, -0.2) is 4.98 Å². The SMILES string of the molecule is CCN(CC)CCCC(C)Nc1cncc(NC)n1. The molecule has 0 aliphatic heterocycles. The predicted octanol–water partition coefficient (Wildman–Crippen LogP) is 2.44. The van der Waals surface area contributed by atoms with Crippen molar-refractivity contribution in [2.75, 3.05) is 37.3 Å². The van der Waals surface area contributed by atoms with E-state index in [4.69, 9.17) is 0 Å². The zero-order valence-corrected chi connectivity index (χ0v) is 12.6. The topological polar surface area (TPSA) is 53.1 Å². The van der Waals surface area contributed by atoms with E-state index in [9.17, 15) is 0 Å². The quantitative estimate of drug-likeness (QED) is 0.718. The Morgan fingerprint density at radius 3 is 2.53 bits per heavy atom. The third-order valence-corrected chi connectivity index (χ3v) is 3.29. The van der Waals surface area contributed by atoms with E-state index < -0.39 is 0 Å². The Hall–Kier alpha value is -1.36. The molecule has 2 N–H and O–H groups in total. The average molecular weight is 265 g/mol. The molecule has 0 bridgehead atoms. The zero-order chi connectivity index (χ0) is 14.1. The second-order valence-electron chi connectivity index (χ2n) is 4.75. The van der Waals surface area contributed by atoms with Crippen LogP contribution in [0.3, 0.4) is 0 Å². The van der Waals surface area contributed by atoms with Gasteiger partial charge < -0.3 is 15.5 Å². The molecule has 1 atom stereocenters. The first-order chi connectivity index (χ1) is 9.19. The molecule has 1 unspecified atom stereocenters. The summed E-state index contributed by atoms with van der Waals surface area (Å²) in [6.07, 6.45) is 5.83. The molecular formula is C14H27N5. The van der Waals surface area contributed by atoms with Gasteiger partial charge in [0.05, 0.1) is 12.4 Å². The molecule has 5 nitrogen and oxygen atoms in total. The Bertz CT molecular complexity index is 351. The van der Waals surface area contributed by atoms with E-state index in [-0.39, 0.29) is 0 Å². The highest BCUT2D eigenvalue weighted by Crippen LogP contribution is 2.09. The Balaban J connectivity index is 2.32. The summed E-state index contributed by atoms with van der Waals surface area (Å²) in [5, 5.41) is 6.39. The molecule has 108 valence electrons. The highest BCUT2D eigenvalue weighted by Gasteiger charge is 2.05. The molecule has 0 aliphatic carbocycles. The molecule has 1 rings (SSSR count). The van der Waals surface area contributed by atoms with Crippen molar-refractivity contribution < 1.29 is 0 Å². The fraction of sp³-hybridized carbons (Fsp3) is 0.714. The van der Waals surface area contributed by atoms with E-state index in [1.165, 1.54) is 13.0 Å². The van der Waals surface area contributed by atoms with Crippen LogP contribution in [-0.2, 0) is 0 Å². The van der Waals surface area contributed by atoms with Gasteiger partial charge in [0, 0.05) is 13.1 Å². The third kappa shape index (κ3) is 5.87. The molecule has 1 aromatic rings. The Morgan fingerprint density at radius 2 is 1.89 bits per heavy atom. The van der Waals surface area contributed by atoms with Crippen molar-refractivity contribution in [1.29, 1.82) is 0 Å². The van der Waals surface area contributed by atoms with Gasteiger partial charge in [-0.15, -0.1) is 0 Å². The lowest BCUT2D eigenvalue weighted by atomic mass is 10.2. The molecule has 0 spiro atoms. The summed E-state index contributed by atoms with van der Waals surface area (Å²) in [6, 6.07) is 0.414. The smallest absolute Gasteiger partial charge is 0.147 e. The number of anilines is 2. The molecule has 0 fully saturated rings. The average Bonchev–Trinajstić information content (AvgIpc) is 2.44. The second-order valence-corrected chi connectivity index (χ2v) is 4.75. The van der Waals surface area contributed by atoms with Crippen LogP contribution in [0.4, 0.5) is 11.6 Å². The summed E-state index contributed by atoms with van der Waals surface area (Å²) in [7, 11) is 1.85. The fourth-order valence-electron chi connectivity index (χ4n) is 2.04. The van der Waals surface area contributed by atoms with Crippen LogP contribution in [0.15, 0.2) is 12.4 Å². The number of hydrogen-bond acceptors (Lipinski definition) is 5. The summed E-state index contributed by atoms with van der Waals surface area (Å²) in [5.41, 5.74) is 0. The van der Waals surface area contributed by atoms with Crippen LogP contribution >= 0.6 is 0 Å². The summed E-state index contributed by atoms with van der Waals surface area (Å²) in [4.78, 5) is 11.0. The van der Waals surface area contributed by atoms with E-state index >= 15 is 0 Å². The highest BCUT2D eigenvalue weighted by molar-refractivity contribution is 5.41. The lowest BCUT2D eigenvalue weighted by Gasteiger charge is -2.20. The summed E-state index contributed by atoms with van der Waals surface area (Å²) in [5.74, 6) is 1.63. The molecule has 19 heavy (non-hydrogen) atoms. The molecule has 0 aromatic carbocycles. The Morgan fingerprint density at radius 1 is 1.21 bits per heavy atom. The zero-order valence-electron chi connectivity index (χ0n) is 12.6. The van der Waals surface area contributed by atoms with Gasteiger partial charge in [0.2, 0.25) is 0 Å². The summed E-state index contributed by atoms with van der Waals surface area (Å²) in [6.45, 7) is 10.0. The van der Waals surface area contributed by atoms with Crippen LogP contribution in [0.1, 0.15) is 33.6 Å². The van der Waals surface area contributed by atoms with Crippen molar-refractivity contribution >= 4 is 11.6 Å². The number of aromatic nitrogens is 2. The van der Waals surface area contributed by atoms with E-state index in [0.717, 1.165) is 31.1 Å². The Kier molecular flexibility index (Phi) is 7.18. The Labute approximate surface area is 116 Å². The number of nitrogens with zero attached hydrogens (tertiary/aromatic N) is 3. The normalized spacial score (nSPS) is 12.5. The lowest BCUT2D eigenvalue weighted by Crippen LogP contribution is -2.25. The van der Waals surface area contributed by atoms with Crippen molar-refractivity contribution in [2.24, 2.45) is 0 Å². The van der Waals surface area contributed by atoms with Crippen molar-refractivity contribution in [3.8, 4) is 0 Å². The van der Waals surface area contributed by atoms with Crippen molar-refractivity contribution in [2.45, 2.75) is 39.7 Å².